The Morgan fingerprint density at radius 2 is 2.11 bits per heavy atom. The topological polar surface area (TPSA) is 85.9 Å². The Labute approximate surface area is 110 Å². The molecule has 7 heteroatoms. The highest BCUT2D eigenvalue weighted by molar-refractivity contribution is 5.65. The van der Waals surface area contributed by atoms with Gasteiger partial charge in [0.05, 0.1) is 10.6 Å². The van der Waals surface area contributed by atoms with Crippen LogP contribution in [0, 0.1) is 10.1 Å². The van der Waals surface area contributed by atoms with Gasteiger partial charge in [0.2, 0.25) is 0 Å². The number of anilines is 1. The van der Waals surface area contributed by atoms with Gasteiger partial charge in [-0.1, -0.05) is 13.3 Å². The first kappa shape index (κ1) is 13.0. The van der Waals surface area contributed by atoms with Gasteiger partial charge in [-0.15, -0.1) is 10.2 Å². The highest BCUT2D eigenvalue weighted by Gasteiger charge is 2.14. The average molecular weight is 261 g/mol. The van der Waals surface area contributed by atoms with Gasteiger partial charge < -0.3 is 5.32 Å². The minimum Gasteiger partial charge on any atom is -0.379 e. The number of nitro benzene ring substituents is 1. The lowest BCUT2D eigenvalue weighted by Gasteiger charge is -2.08. The number of unbranched alkanes of at least 4 members (excludes halogenated alkanes) is 1. The van der Waals surface area contributed by atoms with Crippen LogP contribution in [0.4, 0.5) is 11.4 Å². The largest absolute Gasteiger partial charge is 0.379 e. The van der Waals surface area contributed by atoms with Crippen LogP contribution in [0.1, 0.15) is 19.8 Å². The number of hydrogen-bond donors (Lipinski definition) is 1. The zero-order valence-electron chi connectivity index (χ0n) is 10.6. The van der Waals surface area contributed by atoms with Gasteiger partial charge in [0.1, 0.15) is 18.3 Å². The Balaban J connectivity index is 2.28. The lowest BCUT2D eigenvalue weighted by Crippen LogP contribution is -2.04. The van der Waals surface area contributed by atoms with E-state index in [0.717, 1.165) is 19.4 Å². The maximum atomic E-state index is 11.1. The zero-order chi connectivity index (χ0) is 13.7. The van der Waals surface area contributed by atoms with Crippen molar-refractivity contribution in [2.24, 2.45) is 0 Å². The molecule has 0 bridgehead atoms. The molecule has 0 spiro atoms. The molecule has 1 aromatic carbocycles. The van der Waals surface area contributed by atoms with Crippen LogP contribution in [0.25, 0.3) is 5.69 Å². The van der Waals surface area contributed by atoms with Gasteiger partial charge >= 0.3 is 0 Å². The molecule has 0 radical (unpaired) electrons. The monoisotopic (exact) mass is 261 g/mol. The van der Waals surface area contributed by atoms with E-state index >= 15 is 0 Å². The van der Waals surface area contributed by atoms with Crippen molar-refractivity contribution in [2.75, 3.05) is 11.9 Å². The van der Waals surface area contributed by atoms with Gasteiger partial charge in [0.25, 0.3) is 5.69 Å². The third kappa shape index (κ3) is 3.06. The molecule has 0 aliphatic carbocycles. The van der Waals surface area contributed by atoms with E-state index in [2.05, 4.69) is 22.4 Å². The number of benzene rings is 1. The molecule has 0 aliphatic heterocycles. The van der Waals surface area contributed by atoms with Gasteiger partial charge in [0.15, 0.2) is 0 Å². The number of hydrogen-bond acceptors (Lipinski definition) is 5. The van der Waals surface area contributed by atoms with Gasteiger partial charge in [-0.2, -0.15) is 0 Å². The Morgan fingerprint density at radius 1 is 1.37 bits per heavy atom. The summed E-state index contributed by atoms with van der Waals surface area (Å²) in [6, 6.07) is 5.02. The van der Waals surface area contributed by atoms with Crippen LogP contribution in [0.5, 0.6) is 0 Å². The van der Waals surface area contributed by atoms with Crippen molar-refractivity contribution < 1.29 is 4.92 Å². The minimum atomic E-state index is -0.387. The van der Waals surface area contributed by atoms with Gasteiger partial charge in [-0.3, -0.25) is 14.7 Å². The number of aromatic nitrogens is 3. The maximum absolute atomic E-state index is 11.1. The van der Waals surface area contributed by atoms with E-state index in [4.69, 9.17) is 0 Å². The summed E-state index contributed by atoms with van der Waals surface area (Å²) in [6.07, 6.45) is 5.02. The molecule has 0 atom stereocenters. The zero-order valence-corrected chi connectivity index (χ0v) is 10.6. The molecule has 100 valence electrons. The third-order valence-corrected chi connectivity index (χ3v) is 2.74. The summed E-state index contributed by atoms with van der Waals surface area (Å²) >= 11 is 0. The standard InChI is InChI=1S/C12H15N5O2/c1-2-3-6-13-11-5-4-10(7-12(11)17(18)19)16-8-14-15-9-16/h4-5,7-9,13H,2-3,6H2,1H3. The fourth-order valence-corrected chi connectivity index (χ4v) is 1.72. The summed E-state index contributed by atoms with van der Waals surface area (Å²) in [5.74, 6) is 0. The summed E-state index contributed by atoms with van der Waals surface area (Å²) < 4.78 is 1.63. The Bertz CT molecular complexity index is 553. The molecular weight excluding hydrogens is 246 g/mol. The van der Waals surface area contributed by atoms with Gasteiger partial charge in [-0.25, -0.2) is 0 Å². The van der Waals surface area contributed by atoms with Crippen molar-refractivity contribution in [3.8, 4) is 5.69 Å². The second kappa shape index (κ2) is 5.94. The van der Waals surface area contributed by atoms with Crippen molar-refractivity contribution >= 4 is 11.4 Å². The number of nitro groups is 1. The average Bonchev–Trinajstić information content (AvgIpc) is 2.93. The smallest absolute Gasteiger partial charge is 0.294 e. The van der Waals surface area contributed by atoms with E-state index in [1.807, 2.05) is 0 Å². The van der Waals surface area contributed by atoms with E-state index in [0.29, 0.717) is 11.4 Å². The Morgan fingerprint density at radius 3 is 2.74 bits per heavy atom. The van der Waals surface area contributed by atoms with E-state index < -0.39 is 0 Å². The number of nitrogens with zero attached hydrogens (tertiary/aromatic N) is 4. The maximum Gasteiger partial charge on any atom is 0.294 e. The van der Waals surface area contributed by atoms with E-state index in [-0.39, 0.29) is 10.6 Å². The van der Waals surface area contributed by atoms with Crippen LogP contribution in [0.2, 0.25) is 0 Å². The SMILES string of the molecule is CCCCNc1ccc(-n2cnnc2)cc1[N+](=O)[O-]. The molecule has 0 aliphatic rings. The third-order valence-electron chi connectivity index (χ3n) is 2.74. The van der Waals surface area contributed by atoms with E-state index in [1.165, 1.54) is 18.7 Å². The predicted octanol–water partition coefficient (Wildman–Crippen LogP) is 2.39. The minimum absolute atomic E-state index is 0.0577. The highest BCUT2D eigenvalue weighted by atomic mass is 16.6. The number of nitrogens with one attached hydrogen (secondary N) is 1. The van der Waals surface area contributed by atoms with Crippen LogP contribution in [0.15, 0.2) is 30.9 Å². The van der Waals surface area contributed by atoms with Crippen molar-refractivity contribution in [2.45, 2.75) is 19.8 Å². The van der Waals surface area contributed by atoms with Crippen LogP contribution >= 0.6 is 0 Å². The normalized spacial score (nSPS) is 10.4. The molecule has 1 aromatic heterocycles. The molecular formula is C12H15N5O2. The summed E-state index contributed by atoms with van der Waals surface area (Å²) in [5.41, 5.74) is 1.26. The first-order valence-corrected chi connectivity index (χ1v) is 6.09. The number of rotatable bonds is 6. The van der Waals surface area contributed by atoms with Crippen LogP contribution in [-0.2, 0) is 0 Å². The van der Waals surface area contributed by atoms with E-state index in [1.54, 1.807) is 16.7 Å². The molecule has 19 heavy (non-hydrogen) atoms. The van der Waals surface area contributed by atoms with Crippen LogP contribution in [0.3, 0.4) is 0 Å². The van der Waals surface area contributed by atoms with Gasteiger partial charge in [-0.05, 0) is 18.6 Å². The lowest BCUT2D eigenvalue weighted by molar-refractivity contribution is -0.383. The fraction of sp³-hybridized carbons (Fsp3) is 0.333. The summed E-state index contributed by atoms with van der Waals surface area (Å²) in [7, 11) is 0. The van der Waals surface area contributed by atoms with Crippen LogP contribution in [-0.4, -0.2) is 26.2 Å². The first-order valence-electron chi connectivity index (χ1n) is 6.09. The van der Waals surface area contributed by atoms with Crippen LogP contribution < -0.4 is 5.32 Å². The second-order valence-electron chi connectivity index (χ2n) is 4.11. The molecule has 2 aromatic rings. The molecule has 2 rings (SSSR count). The summed E-state index contributed by atoms with van der Waals surface area (Å²) in [4.78, 5) is 10.7. The molecule has 0 saturated heterocycles. The molecule has 0 amide bonds. The summed E-state index contributed by atoms with van der Waals surface area (Å²) in [5, 5.41) is 21.6. The molecule has 1 heterocycles. The predicted molar refractivity (Wildman–Crippen MR) is 71.4 cm³/mol. The van der Waals surface area contributed by atoms with Crippen molar-refractivity contribution in [1.82, 2.24) is 14.8 Å². The molecule has 0 unspecified atom stereocenters. The van der Waals surface area contributed by atoms with Gasteiger partial charge in [0, 0.05) is 12.6 Å². The first-order chi connectivity index (χ1) is 9.22. The lowest BCUT2D eigenvalue weighted by atomic mass is 10.2. The Kier molecular flexibility index (Phi) is 4.07. The summed E-state index contributed by atoms with van der Waals surface area (Å²) in [6.45, 7) is 2.80. The molecule has 7 nitrogen and oxygen atoms in total. The molecule has 0 saturated carbocycles. The fourth-order valence-electron chi connectivity index (χ4n) is 1.72. The van der Waals surface area contributed by atoms with E-state index in [9.17, 15) is 10.1 Å². The quantitative estimate of drug-likeness (QED) is 0.490. The van der Waals surface area contributed by atoms with Crippen molar-refractivity contribution in [3.05, 3.63) is 41.0 Å². The highest BCUT2D eigenvalue weighted by Crippen LogP contribution is 2.27. The van der Waals surface area contributed by atoms with Crippen molar-refractivity contribution in [1.29, 1.82) is 0 Å². The molecule has 1 N–H and O–H groups in total. The van der Waals surface area contributed by atoms with Crippen molar-refractivity contribution in [3.63, 3.8) is 0 Å². The molecule has 0 fully saturated rings. The Hall–Kier alpha value is -2.44. The second-order valence-corrected chi connectivity index (χ2v) is 4.11.